The van der Waals surface area contributed by atoms with E-state index in [1.54, 1.807) is 36.7 Å². The fourth-order valence-corrected chi connectivity index (χ4v) is 3.77. The van der Waals surface area contributed by atoms with Crippen LogP contribution in [0.25, 0.3) is 11.4 Å². The van der Waals surface area contributed by atoms with Gasteiger partial charge in [-0.2, -0.15) is 0 Å². The fraction of sp³-hybridized carbons (Fsp3) is 0.455. The molecule has 3 rings (SSSR count). The van der Waals surface area contributed by atoms with Crippen LogP contribution in [0.5, 0.6) is 0 Å². The van der Waals surface area contributed by atoms with E-state index >= 15 is 0 Å². The van der Waals surface area contributed by atoms with Crippen molar-refractivity contribution >= 4 is 17.6 Å². The molecule has 1 aliphatic rings. The summed E-state index contributed by atoms with van der Waals surface area (Å²) in [7, 11) is 1.34. The maximum atomic E-state index is 12.3. The Morgan fingerprint density at radius 1 is 1.17 bits per heavy atom. The van der Waals surface area contributed by atoms with Crippen molar-refractivity contribution in [3.8, 4) is 11.4 Å². The lowest BCUT2D eigenvalue weighted by Gasteiger charge is -2.27. The predicted octanol–water partition coefficient (Wildman–Crippen LogP) is 3.52. The van der Waals surface area contributed by atoms with Crippen LogP contribution in [-0.4, -0.2) is 53.0 Å². The standard InChI is InChI=1S/C22H28N4O3/c1-3-26(18-6-4-5-7-18)13-11-21(27)25-17-8-9-19(24-15-17)20-14-16(10-12-23-20)22(28)29-2/h8-10,12,14-15,18H,3-7,11,13H2,1-2H3,(H,25,27). The smallest absolute Gasteiger partial charge is 0.337 e. The molecule has 2 heterocycles. The maximum Gasteiger partial charge on any atom is 0.337 e. The number of hydrogen-bond donors (Lipinski definition) is 1. The first-order chi connectivity index (χ1) is 14.1. The summed E-state index contributed by atoms with van der Waals surface area (Å²) in [5, 5.41) is 2.91. The van der Waals surface area contributed by atoms with Crippen molar-refractivity contribution in [2.24, 2.45) is 0 Å². The molecule has 29 heavy (non-hydrogen) atoms. The first-order valence-electron chi connectivity index (χ1n) is 10.2. The second kappa shape index (κ2) is 10.1. The van der Waals surface area contributed by atoms with Crippen molar-refractivity contribution in [2.45, 2.75) is 45.1 Å². The zero-order chi connectivity index (χ0) is 20.6. The van der Waals surface area contributed by atoms with Crippen molar-refractivity contribution < 1.29 is 14.3 Å². The van der Waals surface area contributed by atoms with Gasteiger partial charge in [0.15, 0.2) is 0 Å². The van der Waals surface area contributed by atoms with Crippen LogP contribution in [0.15, 0.2) is 36.7 Å². The fourth-order valence-electron chi connectivity index (χ4n) is 3.77. The van der Waals surface area contributed by atoms with Gasteiger partial charge in [-0.3, -0.25) is 14.8 Å². The molecule has 0 unspecified atom stereocenters. The van der Waals surface area contributed by atoms with Crippen LogP contribution in [0.1, 0.15) is 49.4 Å². The monoisotopic (exact) mass is 396 g/mol. The molecule has 1 amide bonds. The number of methoxy groups -OCH3 is 1. The quantitative estimate of drug-likeness (QED) is 0.687. The molecule has 0 radical (unpaired) electrons. The highest BCUT2D eigenvalue weighted by molar-refractivity contribution is 5.91. The number of rotatable bonds is 8. The van der Waals surface area contributed by atoms with E-state index in [1.165, 1.54) is 32.8 Å². The summed E-state index contributed by atoms with van der Waals surface area (Å²) >= 11 is 0. The number of esters is 1. The van der Waals surface area contributed by atoms with Crippen LogP contribution in [-0.2, 0) is 9.53 Å². The average Bonchev–Trinajstić information content (AvgIpc) is 3.29. The van der Waals surface area contributed by atoms with Gasteiger partial charge in [0.25, 0.3) is 0 Å². The highest BCUT2D eigenvalue weighted by Crippen LogP contribution is 2.23. The van der Waals surface area contributed by atoms with Crippen molar-refractivity contribution in [1.29, 1.82) is 0 Å². The van der Waals surface area contributed by atoms with Crippen LogP contribution in [0.3, 0.4) is 0 Å². The number of pyridine rings is 2. The van der Waals surface area contributed by atoms with E-state index in [0.29, 0.717) is 35.1 Å². The molecule has 0 atom stereocenters. The van der Waals surface area contributed by atoms with Crippen LogP contribution in [0.2, 0.25) is 0 Å². The average molecular weight is 396 g/mol. The molecule has 7 nitrogen and oxygen atoms in total. The van der Waals surface area contributed by atoms with E-state index in [0.717, 1.165) is 13.1 Å². The lowest BCUT2D eigenvalue weighted by Crippen LogP contribution is -2.35. The summed E-state index contributed by atoms with van der Waals surface area (Å²) in [6.07, 6.45) is 8.69. The Bertz CT molecular complexity index is 832. The third-order valence-electron chi connectivity index (χ3n) is 5.36. The van der Waals surface area contributed by atoms with Gasteiger partial charge in [0.05, 0.1) is 35.9 Å². The maximum absolute atomic E-state index is 12.3. The van der Waals surface area contributed by atoms with Gasteiger partial charge in [0.2, 0.25) is 5.91 Å². The molecule has 0 spiro atoms. The van der Waals surface area contributed by atoms with E-state index in [4.69, 9.17) is 4.74 Å². The predicted molar refractivity (Wildman–Crippen MR) is 112 cm³/mol. The Morgan fingerprint density at radius 2 is 1.97 bits per heavy atom. The van der Waals surface area contributed by atoms with Crippen molar-refractivity contribution in [3.05, 3.63) is 42.2 Å². The van der Waals surface area contributed by atoms with Crippen molar-refractivity contribution in [3.63, 3.8) is 0 Å². The molecule has 1 N–H and O–H groups in total. The minimum Gasteiger partial charge on any atom is -0.465 e. The summed E-state index contributed by atoms with van der Waals surface area (Å²) in [6.45, 7) is 3.91. The third-order valence-corrected chi connectivity index (χ3v) is 5.36. The molecule has 0 bridgehead atoms. The van der Waals surface area contributed by atoms with Gasteiger partial charge >= 0.3 is 5.97 Å². The molecule has 154 valence electrons. The lowest BCUT2D eigenvalue weighted by atomic mass is 10.2. The van der Waals surface area contributed by atoms with Crippen molar-refractivity contribution in [1.82, 2.24) is 14.9 Å². The largest absolute Gasteiger partial charge is 0.465 e. The van der Waals surface area contributed by atoms with E-state index in [2.05, 4.69) is 27.1 Å². The number of ether oxygens (including phenoxy) is 1. The van der Waals surface area contributed by atoms with Gasteiger partial charge in [0.1, 0.15) is 0 Å². The Morgan fingerprint density at radius 3 is 2.62 bits per heavy atom. The molecular formula is C22H28N4O3. The molecule has 2 aromatic heterocycles. The number of aromatic nitrogens is 2. The highest BCUT2D eigenvalue weighted by Gasteiger charge is 2.21. The van der Waals surface area contributed by atoms with Gasteiger partial charge < -0.3 is 15.0 Å². The number of carbonyl (C=O) groups is 2. The number of nitrogens with zero attached hydrogens (tertiary/aromatic N) is 3. The summed E-state index contributed by atoms with van der Waals surface area (Å²) < 4.78 is 4.73. The highest BCUT2D eigenvalue weighted by atomic mass is 16.5. The molecule has 1 aliphatic carbocycles. The van der Waals surface area contributed by atoms with Crippen molar-refractivity contribution in [2.75, 3.05) is 25.5 Å². The Balaban J connectivity index is 1.56. The summed E-state index contributed by atoms with van der Waals surface area (Å²) in [6, 6.07) is 7.42. The minimum absolute atomic E-state index is 0.0122. The topological polar surface area (TPSA) is 84.4 Å². The van der Waals surface area contributed by atoms with E-state index in [9.17, 15) is 9.59 Å². The molecule has 2 aromatic rings. The summed E-state index contributed by atoms with van der Waals surface area (Å²) in [5.41, 5.74) is 2.25. The van der Waals surface area contributed by atoms with Gasteiger partial charge in [-0.1, -0.05) is 19.8 Å². The first kappa shape index (κ1) is 20.9. The van der Waals surface area contributed by atoms with Gasteiger partial charge in [-0.05, 0) is 43.7 Å². The molecular weight excluding hydrogens is 368 g/mol. The van der Waals surface area contributed by atoms with E-state index in [-0.39, 0.29) is 5.91 Å². The zero-order valence-corrected chi connectivity index (χ0v) is 17.1. The van der Waals surface area contributed by atoms with Crippen LogP contribution in [0.4, 0.5) is 5.69 Å². The molecule has 0 saturated heterocycles. The number of amides is 1. The van der Waals surface area contributed by atoms with E-state index in [1.807, 2.05) is 0 Å². The summed E-state index contributed by atoms with van der Waals surface area (Å²) in [5.74, 6) is -0.432. The SMILES string of the molecule is CCN(CCC(=O)Nc1ccc(-c2cc(C(=O)OC)ccn2)nc1)C1CCCC1. The van der Waals surface area contributed by atoms with Gasteiger partial charge in [-0.15, -0.1) is 0 Å². The van der Waals surface area contributed by atoms with Crippen LogP contribution in [0, 0.1) is 0 Å². The number of hydrogen-bond acceptors (Lipinski definition) is 6. The summed E-state index contributed by atoms with van der Waals surface area (Å²) in [4.78, 5) is 35.0. The second-order valence-corrected chi connectivity index (χ2v) is 7.22. The number of carbonyl (C=O) groups excluding carboxylic acids is 2. The minimum atomic E-state index is -0.420. The Labute approximate surface area is 171 Å². The first-order valence-corrected chi connectivity index (χ1v) is 10.2. The molecule has 0 aliphatic heterocycles. The lowest BCUT2D eigenvalue weighted by molar-refractivity contribution is -0.116. The molecule has 0 aromatic carbocycles. The Kier molecular flexibility index (Phi) is 7.30. The van der Waals surface area contributed by atoms with Crippen LogP contribution < -0.4 is 5.32 Å². The van der Waals surface area contributed by atoms with Crippen LogP contribution >= 0.6 is 0 Å². The molecule has 1 saturated carbocycles. The number of nitrogens with one attached hydrogen (secondary N) is 1. The normalized spacial score (nSPS) is 14.2. The van der Waals surface area contributed by atoms with Gasteiger partial charge in [0, 0.05) is 25.2 Å². The second-order valence-electron chi connectivity index (χ2n) is 7.22. The Hall–Kier alpha value is -2.80. The zero-order valence-electron chi connectivity index (χ0n) is 17.1. The molecule has 1 fully saturated rings. The molecule has 7 heteroatoms. The third kappa shape index (κ3) is 5.60. The van der Waals surface area contributed by atoms with Gasteiger partial charge in [-0.25, -0.2) is 4.79 Å². The van der Waals surface area contributed by atoms with E-state index < -0.39 is 5.97 Å². The number of anilines is 1.